The third-order valence-corrected chi connectivity index (χ3v) is 6.87. The van der Waals surface area contributed by atoms with Crippen molar-refractivity contribution in [1.82, 2.24) is 10.6 Å². The van der Waals surface area contributed by atoms with E-state index in [1.54, 1.807) is 36.4 Å². The van der Waals surface area contributed by atoms with E-state index in [1.807, 2.05) is 24.3 Å². The van der Waals surface area contributed by atoms with Gasteiger partial charge < -0.3 is 26.4 Å². The number of nitrogens with two attached hydrogens (primary N) is 1. The van der Waals surface area contributed by atoms with Gasteiger partial charge in [-0.3, -0.25) is 4.79 Å². The van der Waals surface area contributed by atoms with E-state index in [0.29, 0.717) is 41.5 Å². The Kier molecular flexibility index (Phi) is 8.80. The maximum atomic E-state index is 12.4. The van der Waals surface area contributed by atoms with Gasteiger partial charge in [-0.2, -0.15) is 0 Å². The second-order valence-corrected chi connectivity index (χ2v) is 9.54. The molecule has 1 aliphatic rings. The SMILES string of the molecule is CCC(CC)N[C@H]1C[C@@H]1c1ccc(COC(=O)NCc2ccc(C(=O)Nc3ccccc3N)cc2)cc1. The summed E-state index contributed by atoms with van der Waals surface area (Å²) in [5.41, 5.74) is 10.6. The average molecular weight is 501 g/mol. The van der Waals surface area contributed by atoms with Crippen LogP contribution in [0, 0.1) is 0 Å². The Morgan fingerprint density at radius 3 is 2.30 bits per heavy atom. The van der Waals surface area contributed by atoms with Crippen LogP contribution in [0.4, 0.5) is 16.2 Å². The molecule has 3 aromatic rings. The Bertz CT molecular complexity index is 1190. The minimum Gasteiger partial charge on any atom is -0.445 e. The van der Waals surface area contributed by atoms with E-state index < -0.39 is 6.09 Å². The Morgan fingerprint density at radius 1 is 0.946 bits per heavy atom. The van der Waals surface area contributed by atoms with Crippen molar-refractivity contribution in [1.29, 1.82) is 0 Å². The number of hydrogen-bond donors (Lipinski definition) is 4. The van der Waals surface area contributed by atoms with Crippen LogP contribution in [0.3, 0.4) is 0 Å². The molecule has 1 saturated carbocycles. The number of carbonyl (C=O) groups is 2. The summed E-state index contributed by atoms with van der Waals surface area (Å²) in [7, 11) is 0. The highest BCUT2D eigenvalue weighted by atomic mass is 16.5. The second kappa shape index (κ2) is 12.4. The molecule has 1 fully saturated rings. The number of hydrogen-bond acceptors (Lipinski definition) is 5. The monoisotopic (exact) mass is 500 g/mol. The number of carbonyl (C=O) groups excluding carboxylic acids is 2. The lowest BCUT2D eigenvalue weighted by Crippen LogP contribution is -2.30. The Morgan fingerprint density at radius 2 is 1.62 bits per heavy atom. The van der Waals surface area contributed by atoms with Crippen molar-refractivity contribution in [2.24, 2.45) is 0 Å². The molecule has 5 N–H and O–H groups in total. The van der Waals surface area contributed by atoms with Crippen molar-refractivity contribution in [2.75, 3.05) is 11.1 Å². The van der Waals surface area contributed by atoms with Crippen LogP contribution in [-0.2, 0) is 17.9 Å². The Hall–Kier alpha value is -3.84. The number of nitrogens with one attached hydrogen (secondary N) is 3. The average Bonchev–Trinajstić information content (AvgIpc) is 3.70. The standard InChI is InChI=1S/C30H36N4O3/c1-3-24(4-2)33-28-17-25(28)22-13-11-21(12-14-22)19-37-30(36)32-18-20-9-15-23(16-10-20)29(35)34-27-8-6-5-7-26(27)31/h5-16,24-25,28,33H,3-4,17-19,31H2,1-2H3,(H,32,36)(H,34,35)/t25-,28+/m1/s1. The third kappa shape index (κ3) is 7.33. The molecule has 0 aromatic heterocycles. The van der Waals surface area contributed by atoms with Gasteiger partial charge in [0.15, 0.2) is 0 Å². The number of nitrogen functional groups attached to an aromatic ring is 1. The van der Waals surface area contributed by atoms with Gasteiger partial charge in [-0.25, -0.2) is 4.79 Å². The van der Waals surface area contributed by atoms with Crippen molar-refractivity contribution in [2.45, 2.75) is 64.3 Å². The quantitative estimate of drug-likeness (QED) is 0.257. The highest BCUT2D eigenvalue weighted by Gasteiger charge is 2.38. The van der Waals surface area contributed by atoms with E-state index >= 15 is 0 Å². The Balaban J connectivity index is 1.18. The van der Waals surface area contributed by atoms with Crippen LogP contribution in [0.2, 0.25) is 0 Å². The van der Waals surface area contributed by atoms with Crippen molar-refractivity contribution in [3.8, 4) is 0 Å². The molecule has 0 radical (unpaired) electrons. The first kappa shape index (κ1) is 26.2. The fourth-order valence-electron chi connectivity index (χ4n) is 4.39. The summed E-state index contributed by atoms with van der Waals surface area (Å²) in [6.45, 7) is 4.97. The molecule has 2 atom stereocenters. The predicted molar refractivity (Wildman–Crippen MR) is 147 cm³/mol. The smallest absolute Gasteiger partial charge is 0.407 e. The van der Waals surface area contributed by atoms with Crippen molar-refractivity contribution < 1.29 is 14.3 Å². The van der Waals surface area contributed by atoms with Gasteiger partial charge in [-0.1, -0.05) is 62.4 Å². The van der Waals surface area contributed by atoms with E-state index in [0.717, 1.165) is 24.0 Å². The van der Waals surface area contributed by atoms with Gasteiger partial charge in [0.2, 0.25) is 0 Å². The number of anilines is 2. The van der Waals surface area contributed by atoms with Crippen LogP contribution < -0.4 is 21.7 Å². The minimum atomic E-state index is -0.484. The van der Waals surface area contributed by atoms with E-state index in [9.17, 15) is 9.59 Å². The number of alkyl carbamates (subject to hydrolysis) is 1. The fourth-order valence-corrected chi connectivity index (χ4v) is 4.39. The van der Waals surface area contributed by atoms with Crippen LogP contribution in [0.1, 0.15) is 66.1 Å². The lowest BCUT2D eigenvalue weighted by Gasteiger charge is -2.14. The molecule has 7 nitrogen and oxygen atoms in total. The number of amides is 2. The number of benzene rings is 3. The Labute approximate surface area is 218 Å². The normalized spacial score (nSPS) is 16.3. The first-order valence-corrected chi connectivity index (χ1v) is 13.0. The molecule has 0 bridgehead atoms. The lowest BCUT2D eigenvalue weighted by molar-refractivity contribution is 0.102. The van der Waals surface area contributed by atoms with Crippen molar-refractivity contribution in [3.63, 3.8) is 0 Å². The molecule has 0 aliphatic heterocycles. The van der Waals surface area contributed by atoms with Crippen LogP contribution in [0.15, 0.2) is 72.8 Å². The third-order valence-electron chi connectivity index (χ3n) is 6.87. The van der Waals surface area contributed by atoms with Gasteiger partial charge in [-0.05, 0) is 60.2 Å². The molecule has 7 heteroatoms. The zero-order chi connectivity index (χ0) is 26.2. The summed E-state index contributed by atoms with van der Waals surface area (Å²) in [5, 5.41) is 9.29. The molecule has 0 saturated heterocycles. The minimum absolute atomic E-state index is 0.216. The number of para-hydroxylation sites is 2. The van der Waals surface area contributed by atoms with Crippen molar-refractivity contribution >= 4 is 23.4 Å². The molecule has 0 spiro atoms. The lowest BCUT2D eigenvalue weighted by atomic mass is 10.1. The van der Waals surface area contributed by atoms with Gasteiger partial charge in [0, 0.05) is 30.1 Å². The topological polar surface area (TPSA) is 105 Å². The van der Waals surface area contributed by atoms with Crippen LogP contribution in [0.25, 0.3) is 0 Å². The highest BCUT2D eigenvalue weighted by Crippen LogP contribution is 2.41. The van der Waals surface area contributed by atoms with Gasteiger partial charge in [0.1, 0.15) is 6.61 Å². The van der Waals surface area contributed by atoms with E-state index in [1.165, 1.54) is 12.0 Å². The maximum absolute atomic E-state index is 12.4. The zero-order valence-electron chi connectivity index (χ0n) is 21.5. The van der Waals surface area contributed by atoms with E-state index in [-0.39, 0.29) is 12.5 Å². The molecular formula is C30H36N4O3. The van der Waals surface area contributed by atoms with Gasteiger partial charge in [0.25, 0.3) is 5.91 Å². The molecular weight excluding hydrogens is 464 g/mol. The first-order chi connectivity index (χ1) is 18.0. The van der Waals surface area contributed by atoms with Crippen molar-refractivity contribution in [3.05, 3.63) is 95.1 Å². The van der Waals surface area contributed by atoms with E-state index in [4.69, 9.17) is 10.5 Å². The number of ether oxygens (including phenoxy) is 1. The van der Waals surface area contributed by atoms with E-state index in [2.05, 4.69) is 41.9 Å². The molecule has 4 rings (SSSR count). The summed E-state index contributed by atoms with van der Waals surface area (Å²) in [5.74, 6) is 0.329. The molecule has 0 heterocycles. The second-order valence-electron chi connectivity index (χ2n) is 9.54. The molecule has 1 aliphatic carbocycles. The summed E-state index contributed by atoms with van der Waals surface area (Å²) in [4.78, 5) is 24.6. The molecule has 194 valence electrons. The largest absolute Gasteiger partial charge is 0.445 e. The summed E-state index contributed by atoms with van der Waals surface area (Å²) >= 11 is 0. The molecule has 37 heavy (non-hydrogen) atoms. The summed E-state index contributed by atoms with van der Waals surface area (Å²) in [6.07, 6.45) is 3.01. The van der Waals surface area contributed by atoms with Crippen LogP contribution in [-0.4, -0.2) is 24.1 Å². The number of rotatable bonds is 11. The summed E-state index contributed by atoms with van der Waals surface area (Å²) in [6, 6.07) is 23.6. The first-order valence-electron chi connectivity index (χ1n) is 13.0. The fraction of sp³-hybridized carbons (Fsp3) is 0.333. The van der Waals surface area contributed by atoms with Gasteiger partial charge in [0.05, 0.1) is 11.4 Å². The molecule has 2 amide bonds. The predicted octanol–water partition coefficient (Wildman–Crippen LogP) is 5.58. The summed E-state index contributed by atoms with van der Waals surface area (Å²) < 4.78 is 5.37. The maximum Gasteiger partial charge on any atom is 0.407 e. The molecule has 0 unspecified atom stereocenters. The van der Waals surface area contributed by atoms with Gasteiger partial charge in [-0.15, -0.1) is 0 Å². The highest BCUT2D eigenvalue weighted by molar-refractivity contribution is 6.05. The van der Waals surface area contributed by atoms with Crippen LogP contribution in [0.5, 0.6) is 0 Å². The zero-order valence-corrected chi connectivity index (χ0v) is 21.5. The van der Waals surface area contributed by atoms with Gasteiger partial charge >= 0.3 is 6.09 Å². The van der Waals surface area contributed by atoms with Crippen LogP contribution >= 0.6 is 0 Å². The molecule has 3 aromatic carbocycles.